The number of carbonyl (C=O) groups excluding carboxylic acids is 1. The predicted octanol–water partition coefficient (Wildman–Crippen LogP) is 1.45. The van der Waals surface area contributed by atoms with E-state index in [4.69, 9.17) is 5.26 Å². The molecule has 1 aromatic rings. The predicted molar refractivity (Wildman–Crippen MR) is 82.9 cm³/mol. The summed E-state index contributed by atoms with van der Waals surface area (Å²) >= 11 is 0. The zero-order valence-corrected chi connectivity index (χ0v) is 13.0. The number of hydrogen-bond acceptors (Lipinski definition) is 2. The van der Waals surface area contributed by atoms with Crippen molar-refractivity contribution in [1.29, 1.82) is 5.26 Å². The summed E-state index contributed by atoms with van der Waals surface area (Å²) in [5.74, 6) is 1.40. The van der Waals surface area contributed by atoms with Gasteiger partial charge in [0.2, 0.25) is 0 Å². The molecular formula is C17H24N3O+. The number of carbonyl (C=O) groups is 1. The van der Waals surface area contributed by atoms with E-state index in [2.05, 4.69) is 25.2 Å². The lowest BCUT2D eigenvalue weighted by Crippen LogP contribution is -3.18. The van der Waals surface area contributed by atoms with Crippen molar-refractivity contribution in [2.75, 3.05) is 18.4 Å². The average molecular weight is 286 g/mol. The molecule has 4 heteroatoms. The van der Waals surface area contributed by atoms with Gasteiger partial charge in [0.05, 0.1) is 24.7 Å². The third kappa shape index (κ3) is 4.05. The molecule has 0 spiro atoms. The maximum Gasteiger partial charge on any atom is 0.282 e. The molecule has 1 amide bonds. The molecule has 1 saturated heterocycles. The number of nitriles is 1. The van der Waals surface area contributed by atoms with Crippen molar-refractivity contribution in [1.82, 2.24) is 0 Å². The first-order valence-corrected chi connectivity index (χ1v) is 7.65. The Bertz CT molecular complexity index is 522. The summed E-state index contributed by atoms with van der Waals surface area (Å²) in [6.45, 7) is 8.65. The summed E-state index contributed by atoms with van der Waals surface area (Å²) < 4.78 is 0. The Morgan fingerprint density at radius 3 is 2.38 bits per heavy atom. The second-order valence-electron chi connectivity index (χ2n) is 6.41. The molecule has 4 nitrogen and oxygen atoms in total. The standard InChI is InChI=1S/C17H23N3O/c1-12-8-13(2)11-20(10-12)14(3)17(21)19-16-6-4-15(9-18)5-7-16/h4-7,12-14H,8,10-11H2,1-3H3,(H,19,21)/p+1/t12-,13+,14-/m0/s1. The Morgan fingerprint density at radius 2 is 1.86 bits per heavy atom. The van der Waals surface area contributed by atoms with Crippen molar-refractivity contribution < 1.29 is 9.69 Å². The van der Waals surface area contributed by atoms with Crippen molar-refractivity contribution in [3.63, 3.8) is 0 Å². The summed E-state index contributed by atoms with van der Waals surface area (Å²) in [6.07, 6.45) is 1.26. The number of anilines is 1. The minimum absolute atomic E-state index is 0.0501. The summed E-state index contributed by atoms with van der Waals surface area (Å²) in [5, 5.41) is 11.7. The normalized spacial score (nSPS) is 26.7. The van der Waals surface area contributed by atoms with Gasteiger partial charge < -0.3 is 10.2 Å². The first-order valence-electron chi connectivity index (χ1n) is 7.65. The monoisotopic (exact) mass is 286 g/mol. The van der Waals surface area contributed by atoms with E-state index in [1.54, 1.807) is 24.3 Å². The number of amides is 1. The molecule has 0 saturated carbocycles. The lowest BCUT2D eigenvalue weighted by Gasteiger charge is -2.35. The van der Waals surface area contributed by atoms with Crippen LogP contribution in [0.5, 0.6) is 0 Å². The quantitative estimate of drug-likeness (QED) is 0.883. The van der Waals surface area contributed by atoms with Crippen LogP contribution in [0, 0.1) is 23.2 Å². The van der Waals surface area contributed by atoms with Gasteiger partial charge in [0, 0.05) is 17.5 Å². The average Bonchev–Trinajstić information content (AvgIpc) is 2.46. The molecule has 1 heterocycles. The fourth-order valence-corrected chi connectivity index (χ4v) is 3.25. The number of nitrogens with zero attached hydrogens (tertiary/aromatic N) is 1. The molecule has 2 N–H and O–H groups in total. The minimum Gasteiger partial charge on any atom is -0.324 e. The van der Waals surface area contributed by atoms with Crippen molar-refractivity contribution in [2.45, 2.75) is 33.2 Å². The van der Waals surface area contributed by atoms with E-state index in [1.165, 1.54) is 11.3 Å². The second kappa shape index (κ2) is 6.73. The molecule has 1 aliphatic rings. The Kier molecular flexibility index (Phi) is 4.98. The zero-order chi connectivity index (χ0) is 15.4. The van der Waals surface area contributed by atoms with Crippen LogP contribution in [0.4, 0.5) is 5.69 Å². The fraction of sp³-hybridized carbons (Fsp3) is 0.529. The number of nitrogens with one attached hydrogen (secondary N) is 2. The first-order chi connectivity index (χ1) is 9.99. The lowest BCUT2D eigenvalue weighted by atomic mass is 9.91. The molecule has 1 unspecified atom stereocenters. The molecule has 0 aromatic heterocycles. The summed E-state index contributed by atoms with van der Waals surface area (Å²) in [6, 6.07) is 9.02. The van der Waals surface area contributed by atoms with Gasteiger partial charge in [-0.2, -0.15) is 5.26 Å². The molecule has 4 atom stereocenters. The fourth-order valence-electron chi connectivity index (χ4n) is 3.25. The number of quaternary nitrogens is 1. The third-order valence-electron chi connectivity index (χ3n) is 4.31. The van der Waals surface area contributed by atoms with Gasteiger partial charge in [0.25, 0.3) is 5.91 Å². The van der Waals surface area contributed by atoms with Crippen molar-refractivity contribution in [3.8, 4) is 6.07 Å². The van der Waals surface area contributed by atoms with E-state index in [-0.39, 0.29) is 11.9 Å². The summed E-state index contributed by atoms with van der Waals surface area (Å²) in [5.41, 5.74) is 1.36. The topological polar surface area (TPSA) is 57.3 Å². The Labute approximate surface area is 126 Å². The van der Waals surface area contributed by atoms with Crippen LogP contribution in [0.1, 0.15) is 32.8 Å². The number of benzene rings is 1. The van der Waals surface area contributed by atoms with E-state index >= 15 is 0 Å². The Morgan fingerprint density at radius 1 is 1.29 bits per heavy atom. The van der Waals surface area contributed by atoms with Gasteiger partial charge in [-0.05, 0) is 37.6 Å². The Balaban J connectivity index is 1.97. The summed E-state index contributed by atoms with van der Waals surface area (Å²) in [7, 11) is 0. The molecular weight excluding hydrogens is 262 g/mol. The van der Waals surface area contributed by atoms with E-state index in [0.29, 0.717) is 17.4 Å². The van der Waals surface area contributed by atoms with Crippen LogP contribution in [0.15, 0.2) is 24.3 Å². The number of rotatable bonds is 3. The van der Waals surface area contributed by atoms with Gasteiger partial charge in [-0.25, -0.2) is 0 Å². The van der Waals surface area contributed by atoms with Crippen LogP contribution in [0.3, 0.4) is 0 Å². The minimum atomic E-state index is -0.0501. The van der Waals surface area contributed by atoms with E-state index in [9.17, 15) is 4.79 Å². The maximum atomic E-state index is 12.4. The molecule has 112 valence electrons. The highest BCUT2D eigenvalue weighted by molar-refractivity contribution is 5.93. The Hall–Kier alpha value is -1.86. The SMILES string of the molecule is C[C@@H]1C[C@H](C)C[NH+]([C@@H](C)C(=O)Nc2ccc(C#N)cc2)C1. The van der Waals surface area contributed by atoms with Crippen LogP contribution < -0.4 is 10.2 Å². The van der Waals surface area contributed by atoms with Gasteiger partial charge in [-0.3, -0.25) is 4.79 Å². The molecule has 1 aliphatic heterocycles. The second-order valence-corrected chi connectivity index (χ2v) is 6.41. The van der Waals surface area contributed by atoms with Crippen LogP contribution in [0.2, 0.25) is 0 Å². The number of likely N-dealkylation sites (tertiary alicyclic amines) is 1. The van der Waals surface area contributed by atoms with Gasteiger partial charge >= 0.3 is 0 Å². The van der Waals surface area contributed by atoms with Gasteiger partial charge in [-0.15, -0.1) is 0 Å². The lowest BCUT2D eigenvalue weighted by molar-refractivity contribution is -0.925. The molecule has 0 radical (unpaired) electrons. The molecule has 0 bridgehead atoms. The van der Waals surface area contributed by atoms with Gasteiger partial charge in [0.1, 0.15) is 0 Å². The first kappa shape index (κ1) is 15.5. The molecule has 2 rings (SSSR count). The van der Waals surface area contributed by atoms with Gasteiger partial charge in [0.15, 0.2) is 6.04 Å². The highest BCUT2D eigenvalue weighted by Gasteiger charge is 2.32. The third-order valence-corrected chi connectivity index (χ3v) is 4.31. The highest BCUT2D eigenvalue weighted by Crippen LogP contribution is 2.13. The van der Waals surface area contributed by atoms with Gasteiger partial charge in [-0.1, -0.05) is 13.8 Å². The molecule has 1 aromatic carbocycles. The van der Waals surface area contributed by atoms with Crippen LogP contribution in [0.25, 0.3) is 0 Å². The molecule has 0 aliphatic carbocycles. The van der Waals surface area contributed by atoms with Crippen molar-refractivity contribution in [3.05, 3.63) is 29.8 Å². The van der Waals surface area contributed by atoms with Crippen molar-refractivity contribution >= 4 is 11.6 Å². The van der Waals surface area contributed by atoms with E-state index in [0.717, 1.165) is 18.8 Å². The number of piperidine rings is 1. The van der Waals surface area contributed by atoms with E-state index in [1.807, 2.05) is 6.92 Å². The molecule has 1 fully saturated rings. The zero-order valence-electron chi connectivity index (χ0n) is 13.0. The molecule has 21 heavy (non-hydrogen) atoms. The van der Waals surface area contributed by atoms with Crippen LogP contribution in [-0.4, -0.2) is 25.0 Å². The van der Waals surface area contributed by atoms with E-state index < -0.39 is 0 Å². The highest BCUT2D eigenvalue weighted by atomic mass is 16.2. The largest absolute Gasteiger partial charge is 0.324 e. The van der Waals surface area contributed by atoms with Crippen molar-refractivity contribution in [2.24, 2.45) is 11.8 Å². The summed E-state index contributed by atoms with van der Waals surface area (Å²) in [4.78, 5) is 13.8. The number of hydrogen-bond donors (Lipinski definition) is 2. The smallest absolute Gasteiger partial charge is 0.282 e. The maximum absolute atomic E-state index is 12.4. The van der Waals surface area contributed by atoms with Crippen LogP contribution in [-0.2, 0) is 4.79 Å². The van der Waals surface area contributed by atoms with Crippen LogP contribution >= 0.6 is 0 Å².